The fourth-order valence-electron chi connectivity index (χ4n) is 2.90. The highest BCUT2D eigenvalue weighted by Gasteiger charge is 2.23. The van der Waals surface area contributed by atoms with Crippen molar-refractivity contribution in [3.05, 3.63) is 57.9 Å². The first-order valence-electron chi connectivity index (χ1n) is 8.12. The van der Waals surface area contributed by atoms with Crippen molar-refractivity contribution in [2.45, 2.75) is 13.3 Å². The smallest absolute Gasteiger partial charge is 0.270 e. The maximum absolute atomic E-state index is 12.8. The van der Waals surface area contributed by atoms with Crippen LogP contribution in [0.3, 0.4) is 0 Å². The number of non-ortho nitro benzene ring substituents is 1. The van der Waals surface area contributed by atoms with Crippen LogP contribution in [0.2, 0.25) is 0 Å². The molecule has 2 heterocycles. The van der Waals surface area contributed by atoms with E-state index in [0.717, 1.165) is 18.5 Å². The van der Waals surface area contributed by atoms with E-state index in [0.29, 0.717) is 31.1 Å². The summed E-state index contributed by atoms with van der Waals surface area (Å²) in [5.74, 6) is 0.486. The van der Waals surface area contributed by atoms with Gasteiger partial charge in [0.05, 0.1) is 4.92 Å². The van der Waals surface area contributed by atoms with E-state index >= 15 is 0 Å². The van der Waals surface area contributed by atoms with Crippen LogP contribution in [0.4, 0.5) is 11.6 Å². The van der Waals surface area contributed by atoms with E-state index in [9.17, 15) is 14.9 Å². The Balaban J connectivity index is 1.75. The summed E-state index contributed by atoms with van der Waals surface area (Å²) in [4.78, 5) is 35.6. The Bertz CT molecular complexity index is 781. The van der Waals surface area contributed by atoms with Crippen molar-refractivity contribution in [3.63, 3.8) is 0 Å². The average molecular weight is 341 g/mol. The molecule has 1 aromatic heterocycles. The molecule has 8 nitrogen and oxygen atoms in total. The van der Waals surface area contributed by atoms with E-state index in [2.05, 4.69) is 9.97 Å². The van der Waals surface area contributed by atoms with Gasteiger partial charge in [0.15, 0.2) is 0 Å². The van der Waals surface area contributed by atoms with Gasteiger partial charge in [-0.05, 0) is 25.0 Å². The minimum absolute atomic E-state index is 0.0666. The van der Waals surface area contributed by atoms with Crippen molar-refractivity contribution in [1.29, 1.82) is 0 Å². The lowest BCUT2D eigenvalue weighted by Gasteiger charge is -2.22. The van der Waals surface area contributed by atoms with Crippen molar-refractivity contribution >= 4 is 17.5 Å². The molecule has 1 saturated heterocycles. The molecule has 1 amide bonds. The number of rotatable bonds is 3. The Labute approximate surface area is 145 Å². The molecule has 0 saturated carbocycles. The molecule has 1 aliphatic rings. The number of aromatic nitrogens is 2. The predicted molar refractivity (Wildman–Crippen MR) is 92.6 cm³/mol. The van der Waals surface area contributed by atoms with Gasteiger partial charge in [0, 0.05) is 56.3 Å². The minimum Gasteiger partial charge on any atom is -0.339 e. The molecule has 0 N–H and O–H groups in total. The molecule has 1 aromatic carbocycles. The van der Waals surface area contributed by atoms with Gasteiger partial charge in [0.2, 0.25) is 5.95 Å². The van der Waals surface area contributed by atoms with Crippen LogP contribution in [0.5, 0.6) is 0 Å². The molecule has 3 rings (SSSR count). The average Bonchev–Trinajstić information content (AvgIpc) is 2.88. The Kier molecular flexibility index (Phi) is 4.87. The minimum atomic E-state index is -0.479. The summed E-state index contributed by atoms with van der Waals surface area (Å²) in [5, 5.41) is 11.0. The third kappa shape index (κ3) is 3.73. The van der Waals surface area contributed by atoms with Crippen molar-refractivity contribution in [2.24, 2.45) is 0 Å². The number of hydrogen-bond donors (Lipinski definition) is 0. The van der Waals surface area contributed by atoms with E-state index in [4.69, 9.17) is 0 Å². The van der Waals surface area contributed by atoms with Crippen LogP contribution in [0, 0.1) is 17.0 Å². The zero-order valence-electron chi connectivity index (χ0n) is 14.0. The van der Waals surface area contributed by atoms with Crippen LogP contribution < -0.4 is 4.90 Å². The van der Waals surface area contributed by atoms with Gasteiger partial charge in [0.1, 0.15) is 0 Å². The first kappa shape index (κ1) is 16.8. The lowest BCUT2D eigenvalue weighted by Crippen LogP contribution is -2.36. The van der Waals surface area contributed by atoms with Gasteiger partial charge in [-0.15, -0.1) is 0 Å². The first-order chi connectivity index (χ1) is 12.1. The largest absolute Gasteiger partial charge is 0.339 e. The number of hydrogen-bond acceptors (Lipinski definition) is 6. The summed E-state index contributed by atoms with van der Waals surface area (Å²) in [6.45, 7) is 4.31. The molecule has 0 atom stereocenters. The summed E-state index contributed by atoms with van der Waals surface area (Å²) in [6.07, 6.45) is 4.18. The zero-order valence-corrected chi connectivity index (χ0v) is 14.0. The van der Waals surface area contributed by atoms with Crippen LogP contribution in [0.25, 0.3) is 0 Å². The predicted octanol–water partition coefficient (Wildman–Crippen LogP) is 2.05. The third-order valence-electron chi connectivity index (χ3n) is 4.28. The highest BCUT2D eigenvalue weighted by molar-refractivity contribution is 5.96. The van der Waals surface area contributed by atoms with Crippen LogP contribution in [0.15, 0.2) is 36.7 Å². The summed E-state index contributed by atoms with van der Waals surface area (Å²) < 4.78 is 0. The Hall–Kier alpha value is -3.03. The SMILES string of the molecule is Cc1ccc([N+](=O)[O-])cc1C(=O)N1CCCN(c2ncccn2)CC1. The van der Waals surface area contributed by atoms with E-state index in [1.807, 2.05) is 4.90 Å². The topological polar surface area (TPSA) is 92.5 Å². The van der Waals surface area contributed by atoms with E-state index in [-0.39, 0.29) is 11.6 Å². The van der Waals surface area contributed by atoms with Gasteiger partial charge in [-0.3, -0.25) is 14.9 Å². The number of nitro groups is 1. The van der Waals surface area contributed by atoms with Crippen molar-refractivity contribution in [1.82, 2.24) is 14.9 Å². The van der Waals surface area contributed by atoms with Crippen LogP contribution in [-0.2, 0) is 0 Å². The van der Waals surface area contributed by atoms with Crippen molar-refractivity contribution in [3.8, 4) is 0 Å². The number of benzene rings is 1. The third-order valence-corrected chi connectivity index (χ3v) is 4.28. The number of amides is 1. The molecule has 0 spiro atoms. The number of nitrogens with zero attached hydrogens (tertiary/aromatic N) is 5. The maximum Gasteiger partial charge on any atom is 0.270 e. The quantitative estimate of drug-likeness (QED) is 0.626. The maximum atomic E-state index is 12.8. The summed E-state index contributed by atoms with van der Waals surface area (Å²) >= 11 is 0. The normalized spacial score (nSPS) is 14.9. The summed E-state index contributed by atoms with van der Waals surface area (Å²) in [5.41, 5.74) is 1.06. The van der Waals surface area contributed by atoms with Crippen LogP contribution >= 0.6 is 0 Å². The monoisotopic (exact) mass is 341 g/mol. The lowest BCUT2D eigenvalue weighted by atomic mass is 10.1. The standard InChI is InChI=1S/C17H19N5O3/c1-13-4-5-14(22(24)25)12-15(13)16(23)20-8-3-9-21(11-10-20)17-18-6-2-7-19-17/h2,4-7,12H,3,8-11H2,1H3. The second-order valence-electron chi connectivity index (χ2n) is 5.94. The van der Waals surface area contributed by atoms with Gasteiger partial charge in [-0.1, -0.05) is 6.07 Å². The van der Waals surface area contributed by atoms with E-state index in [1.54, 1.807) is 36.4 Å². The molecule has 8 heteroatoms. The van der Waals surface area contributed by atoms with Gasteiger partial charge >= 0.3 is 0 Å². The fraction of sp³-hybridized carbons (Fsp3) is 0.353. The number of carbonyl (C=O) groups is 1. The molecule has 0 unspecified atom stereocenters. The van der Waals surface area contributed by atoms with Gasteiger partial charge in [-0.25, -0.2) is 9.97 Å². The Morgan fingerprint density at radius 1 is 1.16 bits per heavy atom. The molecule has 0 aliphatic carbocycles. The highest BCUT2D eigenvalue weighted by atomic mass is 16.6. The van der Waals surface area contributed by atoms with Crippen LogP contribution in [-0.4, -0.2) is 51.9 Å². The van der Waals surface area contributed by atoms with Gasteiger partial charge < -0.3 is 9.80 Å². The molecule has 1 aliphatic heterocycles. The first-order valence-corrected chi connectivity index (χ1v) is 8.12. The number of anilines is 1. The molecule has 0 radical (unpaired) electrons. The van der Waals surface area contributed by atoms with Crippen molar-refractivity contribution < 1.29 is 9.72 Å². The van der Waals surface area contributed by atoms with Crippen molar-refractivity contribution in [2.75, 3.05) is 31.1 Å². The Morgan fingerprint density at radius 3 is 2.64 bits per heavy atom. The number of carbonyl (C=O) groups excluding carboxylic acids is 1. The molecule has 2 aromatic rings. The molecule has 130 valence electrons. The second kappa shape index (κ2) is 7.25. The van der Waals surface area contributed by atoms with Gasteiger partial charge in [0.25, 0.3) is 11.6 Å². The van der Waals surface area contributed by atoms with Crippen LogP contribution in [0.1, 0.15) is 22.3 Å². The zero-order chi connectivity index (χ0) is 17.8. The molecule has 0 bridgehead atoms. The highest BCUT2D eigenvalue weighted by Crippen LogP contribution is 2.20. The van der Waals surface area contributed by atoms with E-state index < -0.39 is 4.92 Å². The fourth-order valence-corrected chi connectivity index (χ4v) is 2.90. The molecular formula is C17H19N5O3. The summed E-state index contributed by atoms with van der Waals surface area (Å²) in [6, 6.07) is 6.17. The Morgan fingerprint density at radius 2 is 1.92 bits per heavy atom. The van der Waals surface area contributed by atoms with Gasteiger partial charge in [-0.2, -0.15) is 0 Å². The second-order valence-corrected chi connectivity index (χ2v) is 5.94. The summed E-state index contributed by atoms with van der Waals surface area (Å²) in [7, 11) is 0. The number of nitro benzene ring substituents is 1. The lowest BCUT2D eigenvalue weighted by molar-refractivity contribution is -0.384. The molecule has 25 heavy (non-hydrogen) atoms. The van der Waals surface area contributed by atoms with E-state index in [1.165, 1.54) is 12.1 Å². The molecular weight excluding hydrogens is 322 g/mol. The number of aryl methyl sites for hydroxylation is 1. The molecule has 1 fully saturated rings.